The number of hydrogen-bond acceptors (Lipinski definition) is 5. The first-order valence-electron chi connectivity index (χ1n) is 5.51. The number of carbonyl (C=O) groups is 2. The Bertz CT molecular complexity index is 563. The number of rotatable bonds is 4. The highest BCUT2D eigenvalue weighted by Crippen LogP contribution is 2.31. The number of ether oxygens (including phenoxy) is 3. The maximum atomic E-state index is 12.6. The summed E-state index contributed by atoms with van der Waals surface area (Å²) in [4.78, 5) is 22.5. The van der Waals surface area contributed by atoms with Gasteiger partial charge in [-0.1, -0.05) is 6.07 Å². The fraction of sp³-hybridized carbons (Fsp3) is 0.231. The van der Waals surface area contributed by atoms with Crippen LogP contribution >= 0.6 is 0 Å². The number of esters is 2. The summed E-state index contributed by atoms with van der Waals surface area (Å²) in [6.07, 6.45) is -3.89. The van der Waals surface area contributed by atoms with E-state index in [1.54, 1.807) is 0 Å². The molecular formula is C13H11F3O5. The summed E-state index contributed by atoms with van der Waals surface area (Å²) in [7, 11) is 2.10. The van der Waals surface area contributed by atoms with Crippen LogP contribution in [0.25, 0.3) is 0 Å². The summed E-state index contributed by atoms with van der Waals surface area (Å²) < 4.78 is 51.3. The lowest BCUT2D eigenvalue weighted by molar-refractivity contribution is -0.140. The van der Waals surface area contributed by atoms with Crippen molar-refractivity contribution in [2.75, 3.05) is 14.2 Å². The minimum absolute atomic E-state index is 0.273. The Hall–Kier alpha value is -2.51. The smallest absolute Gasteiger partial charge is 0.416 e. The van der Waals surface area contributed by atoms with E-state index in [4.69, 9.17) is 4.74 Å². The molecule has 0 atom stereocenters. The Labute approximate surface area is 117 Å². The second-order valence-electron chi connectivity index (χ2n) is 3.65. The van der Waals surface area contributed by atoms with Crippen molar-refractivity contribution in [3.63, 3.8) is 0 Å². The second kappa shape index (κ2) is 6.78. The minimum Gasteiger partial charge on any atom is -0.466 e. The zero-order valence-electron chi connectivity index (χ0n) is 11.1. The van der Waals surface area contributed by atoms with E-state index in [9.17, 15) is 22.8 Å². The monoisotopic (exact) mass is 304 g/mol. The van der Waals surface area contributed by atoms with Gasteiger partial charge in [-0.3, -0.25) is 0 Å². The van der Waals surface area contributed by atoms with Crippen LogP contribution in [0.3, 0.4) is 0 Å². The molecule has 21 heavy (non-hydrogen) atoms. The third kappa shape index (κ3) is 4.83. The van der Waals surface area contributed by atoms with Crippen LogP contribution < -0.4 is 4.74 Å². The summed E-state index contributed by atoms with van der Waals surface area (Å²) in [6.45, 7) is 0. The van der Waals surface area contributed by atoms with Crippen molar-refractivity contribution in [3.05, 3.63) is 41.7 Å². The molecule has 1 aromatic rings. The van der Waals surface area contributed by atoms with Gasteiger partial charge in [0.05, 0.1) is 25.9 Å². The summed E-state index contributed by atoms with van der Waals surface area (Å²) in [5.41, 5.74) is -0.956. The van der Waals surface area contributed by atoms with Crippen molar-refractivity contribution >= 4 is 11.9 Å². The molecule has 0 aliphatic heterocycles. The van der Waals surface area contributed by atoms with E-state index < -0.39 is 29.4 Å². The molecule has 8 heteroatoms. The van der Waals surface area contributed by atoms with Gasteiger partial charge in [-0.15, -0.1) is 0 Å². The number of alkyl halides is 3. The first-order valence-corrected chi connectivity index (χ1v) is 5.51. The van der Waals surface area contributed by atoms with Crippen LogP contribution in [0, 0.1) is 0 Å². The molecule has 0 aliphatic rings. The van der Waals surface area contributed by atoms with Gasteiger partial charge in [0.1, 0.15) is 5.75 Å². The number of carbonyl (C=O) groups excluding carboxylic acids is 2. The van der Waals surface area contributed by atoms with Crippen molar-refractivity contribution in [2.45, 2.75) is 6.18 Å². The molecule has 0 spiro atoms. The van der Waals surface area contributed by atoms with Crippen LogP contribution in [0.2, 0.25) is 0 Å². The quantitative estimate of drug-likeness (QED) is 0.485. The highest BCUT2D eigenvalue weighted by atomic mass is 19.4. The third-order valence-electron chi connectivity index (χ3n) is 2.23. The van der Waals surface area contributed by atoms with Crippen LogP contribution in [-0.2, 0) is 25.2 Å². The lowest BCUT2D eigenvalue weighted by Crippen LogP contribution is -2.14. The largest absolute Gasteiger partial charge is 0.466 e. The molecule has 114 valence electrons. The summed E-state index contributed by atoms with van der Waals surface area (Å²) in [5, 5.41) is 0. The molecular weight excluding hydrogens is 293 g/mol. The molecule has 1 rings (SSSR count). The molecule has 0 aromatic heterocycles. The zero-order valence-corrected chi connectivity index (χ0v) is 11.1. The van der Waals surface area contributed by atoms with Crippen LogP contribution in [0.4, 0.5) is 13.2 Å². The Kier molecular flexibility index (Phi) is 5.34. The molecule has 0 N–H and O–H groups in total. The Balaban J connectivity index is 3.07. The first kappa shape index (κ1) is 16.5. The minimum atomic E-state index is -4.56. The topological polar surface area (TPSA) is 61.8 Å². The molecule has 0 aliphatic carbocycles. The summed E-state index contributed by atoms with van der Waals surface area (Å²) in [5.74, 6) is -2.81. The van der Waals surface area contributed by atoms with Crippen molar-refractivity contribution < 1.29 is 37.0 Å². The molecule has 0 heterocycles. The van der Waals surface area contributed by atoms with Crippen molar-refractivity contribution in [2.24, 2.45) is 0 Å². The number of hydrogen-bond donors (Lipinski definition) is 0. The van der Waals surface area contributed by atoms with Crippen molar-refractivity contribution in [1.82, 2.24) is 0 Å². The van der Waals surface area contributed by atoms with Crippen LogP contribution in [0.1, 0.15) is 5.56 Å². The van der Waals surface area contributed by atoms with Gasteiger partial charge in [-0.2, -0.15) is 13.2 Å². The zero-order chi connectivity index (χ0) is 16.0. The van der Waals surface area contributed by atoms with E-state index in [1.807, 2.05) is 0 Å². The van der Waals surface area contributed by atoms with Gasteiger partial charge < -0.3 is 14.2 Å². The maximum absolute atomic E-state index is 12.6. The lowest BCUT2D eigenvalue weighted by Gasteiger charge is -2.11. The van der Waals surface area contributed by atoms with Crippen molar-refractivity contribution in [1.29, 1.82) is 0 Å². The SMILES string of the molecule is COC(=O)C=C(Oc1cccc(C(F)(F)F)c1)C(=O)OC. The van der Waals surface area contributed by atoms with Gasteiger partial charge in [0.15, 0.2) is 0 Å². The molecule has 0 unspecified atom stereocenters. The van der Waals surface area contributed by atoms with E-state index in [2.05, 4.69) is 9.47 Å². The van der Waals surface area contributed by atoms with E-state index in [0.717, 1.165) is 26.4 Å². The molecule has 0 fully saturated rings. The molecule has 0 saturated carbocycles. The fourth-order valence-electron chi connectivity index (χ4n) is 1.26. The average Bonchev–Trinajstić information content (AvgIpc) is 2.45. The standard InChI is InChI=1S/C13H11F3O5/c1-19-11(17)7-10(12(18)20-2)21-9-5-3-4-8(6-9)13(14,15)16/h3-7H,1-2H3. The summed E-state index contributed by atoms with van der Waals surface area (Å²) in [6, 6.07) is 3.83. The van der Waals surface area contributed by atoms with E-state index >= 15 is 0 Å². The van der Waals surface area contributed by atoms with Gasteiger partial charge in [-0.05, 0) is 18.2 Å². The second-order valence-corrected chi connectivity index (χ2v) is 3.65. The summed E-state index contributed by atoms with van der Waals surface area (Å²) >= 11 is 0. The molecule has 5 nitrogen and oxygen atoms in total. The number of halogens is 3. The predicted molar refractivity (Wildman–Crippen MR) is 64.2 cm³/mol. The molecule has 0 amide bonds. The molecule has 1 aromatic carbocycles. The van der Waals surface area contributed by atoms with Crippen LogP contribution in [0.5, 0.6) is 5.75 Å². The van der Waals surface area contributed by atoms with Crippen molar-refractivity contribution in [3.8, 4) is 5.75 Å². The van der Waals surface area contributed by atoms with Gasteiger partial charge in [0.25, 0.3) is 0 Å². The highest BCUT2D eigenvalue weighted by Gasteiger charge is 2.30. The van der Waals surface area contributed by atoms with E-state index in [0.29, 0.717) is 12.1 Å². The van der Waals surface area contributed by atoms with Crippen LogP contribution in [0.15, 0.2) is 36.1 Å². The fourth-order valence-corrected chi connectivity index (χ4v) is 1.26. The molecule has 0 bridgehead atoms. The van der Waals surface area contributed by atoms with Gasteiger partial charge in [0.2, 0.25) is 5.76 Å². The van der Waals surface area contributed by atoms with E-state index in [-0.39, 0.29) is 5.75 Å². The van der Waals surface area contributed by atoms with E-state index in [1.165, 1.54) is 6.07 Å². The molecule has 0 saturated heterocycles. The van der Waals surface area contributed by atoms with Gasteiger partial charge >= 0.3 is 18.1 Å². The third-order valence-corrected chi connectivity index (χ3v) is 2.23. The predicted octanol–water partition coefficient (Wildman–Crippen LogP) is 2.31. The molecule has 0 radical (unpaired) electrons. The maximum Gasteiger partial charge on any atom is 0.416 e. The van der Waals surface area contributed by atoms with Crippen LogP contribution in [-0.4, -0.2) is 26.2 Å². The van der Waals surface area contributed by atoms with Gasteiger partial charge in [-0.25, -0.2) is 9.59 Å². The van der Waals surface area contributed by atoms with Gasteiger partial charge in [0, 0.05) is 0 Å². The Morgan fingerprint density at radius 3 is 2.33 bits per heavy atom. The normalized spacial score (nSPS) is 11.8. The highest BCUT2D eigenvalue weighted by molar-refractivity contribution is 5.95. The lowest BCUT2D eigenvalue weighted by atomic mass is 10.2. The first-order chi connectivity index (χ1) is 9.77. The Morgan fingerprint density at radius 2 is 1.81 bits per heavy atom. The number of benzene rings is 1. The average molecular weight is 304 g/mol. The number of methoxy groups -OCH3 is 2. The Morgan fingerprint density at radius 1 is 1.14 bits per heavy atom.